The molecule has 3 rings (SSSR count). The Kier molecular flexibility index (Phi) is 4.31. The van der Waals surface area contributed by atoms with Gasteiger partial charge in [0.15, 0.2) is 5.82 Å². The average Bonchev–Trinajstić information content (AvgIpc) is 2.53. The first kappa shape index (κ1) is 14.2. The molecule has 1 saturated heterocycles. The number of benzene rings is 1. The fourth-order valence-corrected chi connectivity index (χ4v) is 2.77. The molecule has 5 heteroatoms. The van der Waals surface area contributed by atoms with Crippen LogP contribution in [0, 0.1) is 6.92 Å². The lowest BCUT2D eigenvalue weighted by Gasteiger charge is -2.29. The van der Waals surface area contributed by atoms with Gasteiger partial charge in [0, 0.05) is 46.3 Å². The normalized spacial score (nSPS) is 16.3. The van der Waals surface area contributed by atoms with Crippen molar-refractivity contribution in [3.8, 4) is 0 Å². The number of piperazine rings is 1. The molecular weight excluding hydrogens is 262 g/mol. The summed E-state index contributed by atoms with van der Waals surface area (Å²) in [6.07, 6.45) is 0. The molecule has 1 aliphatic heterocycles. The number of anilines is 1. The monoisotopic (exact) mass is 285 g/mol. The van der Waals surface area contributed by atoms with E-state index in [-0.39, 0.29) is 0 Å². The SMILES string of the molecule is Cc1nc2ccccc2nc1N(C)CCN1CCNCC1. The maximum absolute atomic E-state index is 4.77. The fraction of sp³-hybridized carbons (Fsp3) is 0.500. The van der Waals surface area contributed by atoms with Gasteiger partial charge in [-0.3, -0.25) is 4.90 Å². The zero-order chi connectivity index (χ0) is 14.7. The van der Waals surface area contributed by atoms with E-state index in [0.29, 0.717) is 0 Å². The molecule has 1 aromatic heterocycles. The molecule has 0 bridgehead atoms. The van der Waals surface area contributed by atoms with Crippen LogP contribution in [0.1, 0.15) is 5.69 Å². The summed E-state index contributed by atoms with van der Waals surface area (Å²) >= 11 is 0. The summed E-state index contributed by atoms with van der Waals surface area (Å²) in [4.78, 5) is 14.2. The van der Waals surface area contributed by atoms with Crippen LogP contribution >= 0.6 is 0 Å². The summed E-state index contributed by atoms with van der Waals surface area (Å²) in [6.45, 7) is 8.56. The molecule has 0 radical (unpaired) electrons. The molecule has 1 fully saturated rings. The van der Waals surface area contributed by atoms with Crippen LogP contribution in [0.4, 0.5) is 5.82 Å². The highest BCUT2D eigenvalue weighted by molar-refractivity contribution is 5.76. The minimum atomic E-state index is 0.965. The fourth-order valence-electron chi connectivity index (χ4n) is 2.77. The second kappa shape index (κ2) is 6.37. The molecule has 0 saturated carbocycles. The number of hydrogen-bond acceptors (Lipinski definition) is 5. The van der Waals surface area contributed by atoms with Crippen LogP contribution in [0.5, 0.6) is 0 Å². The first-order chi connectivity index (χ1) is 10.2. The van der Waals surface area contributed by atoms with Crippen LogP contribution in [0.2, 0.25) is 0 Å². The Balaban J connectivity index is 1.71. The van der Waals surface area contributed by atoms with E-state index in [1.165, 1.54) is 0 Å². The van der Waals surface area contributed by atoms with E-state index in [1.54, 1.807) is 0 Å². The highest BCUT2D eigenvalue weighted by Gasteiger charge is 2.13. The maximum Gasteiger partial charge on any atom is 0.150 e. The number of likely N-dealkylation sites (N-methyl/N-ethyl adjacent to an activating group) is 1. The lowest BCUT2D eigenvalue weighted by atomic mass is 10.3. The van der Waals surface area contributed by atoms with E-state index in [2.05, 4.69) is 27.1 Å². The van der Waals surface area contributed by atoms with Crippen molar-refractivity contribution < 1.29 is 0 Å². The first-order valence-electron chi connectivity index (χ1n) is 7.61. The van der Waals surface area contributed by atoms with Crippen LogP contribution in [-0.4, -0.2) is 61.2 Å². The van der Waals surface area contributed by atoms with Gasteiger partial charge in [0.2, 0.25) is 0 Å². The van der Waals surface area contributed by atoms with Crippen molar-refractivity contribution in [3.05, 3.63) is 30.0 Å². The van der Waals surface area contributed by atoms with E-state index in [0.717, 1.165) is 61.8 Å². The second-order valence-electron chi connectivity index (χ2n) is 5.63. The number of fused-ring (bicyclic) bond motifs is 1. The molecule has 112 valence electrons. The van der Waals surface area contributed by atoms with Gasteiger partial charge in [0.05, 0.1) is 16.7 Å². The molecule has 2 heterocycles. The van der Waals surface area contributed by atoms with E-state index >= 15 is 0 Å². The molecule has 5 nitrogen and oxygen atoms in total. The summed E-state index contributed by atoms with van der Waals surface area (Å²) in [5.74, 6) is 0.990. The number of aromatic nitrogens is 2. The number of aryl methyl sites for hydroxylation is 1. The Morgan fingerprint density at radius 2 is 1.81 bits per heavy atom. The number of hydrogen-bond donors (Lipinski definition) is 1. The Hall–Kier alpha value is -1.72. The molecule has 0 aliphatic carbocycles. The zero-order valence-electron chi connectivity index (χ0n) is 12.8. The molecule has 0 spiro atoms. The number of nitrogens with zero attached hydrogens (tertiary/aromatic N) is 4. The van der Waals surface area contributed by atoms with Gasteiger partial charge in [-0.1, -0.05) is 12.1 Å². The number of nitrogens with one attached hydrogen (secondary N) is 1. The van der Waals surface area contributed by atoms with Gasteiger partial charge in [-0.05, 0) is 19.1 Å². The van der Waals surface area contributed by atoms with Gasteiger partial charge in [-0.25, -0.2) is 9.97 Å². The van der Waals surface area contributed by atoms with Crippen molar-refractivity contribution >= 4 is 16.9 Å². The van der Waals surface area contributed by atoms with Gasteiger partial charge in [0.1, 0.15) is 0 Å². The number of rotatable bonds is 4. The minimum Gasteiger partial charge on any atom is -0.357 e. The van der Waals surface area contributed by atoms with Gasteiger partial charge in [0.25, 0.3) is 0 Å². The zero-order valence-corrected chi connectivity index (χ0v) is 12.8. The third-order valence-electron chi connectivity index (χ3n) is 4.04. The first-order valence-corrected chi connectivity index (χ1v) is 7.61. The number of para-hydroxylation sites is 2. The molecule has 21 heavy (non-hydrogen) atoms. The van der Waals surface area contributed by atoms with Crippen LogP contribution in [0.15, 0.2) is 24.3 Å². The summed E-state index contributed by atoms with van der Waals surface area (Å²) < 4.78 is 0. The van der Waals surface area contributed by atoms with Gasteiger partial charge in [-0.2, -0.15) is 0 Å². The second-order valence-corrected chi connectivity index (χ2v) is 5.63. The third kappa shape index (κ3) is 3.31. The smallest absolute Gasteiger partial charge is 0.150 e. The molecule has 0 unspecified atom stereocenters. The molecule has 0 amide bonds. The summed E-state index contributed by atoms with van der Waals surface area (Å²) in [7, 11) is 2.11. The predicted octanol–water partition coefficient (Wildman–Crippen LogP) is 1.28. The summed E-state index contributed by atoms with van der Waals surface area (Å²) in [5.41, 5.74) is 2.93. The van der Waals surface area contributed by atoms with Gasteiger partial charge in [-0.15, -0.1) is 0 Å². The summed E-state index contributed by atoms with van der Waals surface area (Å²) in [6, 6.07) is 8.05. The van der Waals surface area contributed by atoms with Crippen LogP contribution < -0.4 is 10.2 Å². The average molecular weight is 285 g/mol. The maximum atomic E-state index is 4.77. The highest BCUT2D eigenvalue weighted by atomic mass is 15.2. The van der Waals surface area contributed by atoms with Crippen LogP contribution in [0.3, 0.4) is 0 Å². The standard InChI is InChI=1S/C16H23N5/c1-13-16(19-15-6-4-3-5-14(15)18-13)20(2)11-12-21-9-7-17-8-10-21/h3-6,17H,7-12H2,1-2H3. The lowest BCUT2D eigenvalue weighted by Crippen LogP contribution is -2.46. The molecule has 1 aliphatic rings. The van der Waals surface area contributed by atoms with Crippen molar-refractivity contribution in [1.29, 1.82) is 0 Å². The third-order valence-corrected chi connectivity index (χ3v) is 4.04. The topological polar surface area (TPSA) is 44.3 Å². The molecule has 0 atom stereocenters. The summed E-state index contributed by atoms with van der Waals surface area (Å²) in [5, 5.41) is 3.39. The molecular formula is C16H23N5. The highest BCUT2D eigenvalue weighted by Crippen LogP contribution is 2.18. The predicted molar refractivity (Wildman–Crippen MR) is 86.9 cm³/mol. The van der Waals surface area contributed by atoms with Crippen LogP contribution in [0.25, 0.3) is 11.0 Å². The van der Waals surface area contributed by atoms with Crippen LogP contribution in [-0.2, 0) is 0 Å². The van der Waals surface area contributed by atoms with E-state index < -0.39 is 0 Å². The van der Waals surface area contributed by atoms with E-state index in [4.69, 9.17) is 4.98 Å². The van der Waals surface area contributed by atoms with E-state index in [9.17, 15) is 0 Å². The van der Waals surface area contributed by atoms with Crippen molar-refractivity contribution in [2.45, 2.75) is 6.92 Å². The minimum absolute atomic E-state index is 0.965. The molecule has 1 aromatic carbocycles. The van der Waals surface area contributed by atoms with Crippen molar-refractivity contribution in [3.63, 3.8) is 0 Å². The Morgan fingerprint density at radius 3 is 2.52 bits per heavy atom. The largest absolute Gasteiger partial charge is 0.357 e. The Morgan fingerprint density at radius 1 is 1.14 bits per heavy atom. The quantitative estimate of drug-likeness (QED) is 0.917. The Bertz CT molecular complexity index is 607. The molecule has 2 aromatic rings. The van der Waals surface area contributed by atoms with Crippen molar-refractivity contribution in [1.82, 2.24) is 20.2 Å². The lowest BCUT2D eigenvalue weighted by molar-refractivity contribution is 0.246. The van der Waals surface area contributed by atoms with Gasteiger partial charge >= 0.3 is 0 Å². The van der Waals surface area contributed by atoms with Gasteiger partial charge < -0.3 is 10.2 Å². The molecule has 1 N–H and O–H groups in total. The van der Waals surface area contributed by atoms with Crippen molar-refractivity contribution in [2.75, 3.05) is 51.2 Å². The van der Waals surface area contributed by atoms with Crippen molar-refractivity contribution in [2.24, 2.45) is 0 Å². The Labute approximate surface area is 126 Å². The van der Waals surface area contributed by atoms with E-state index in [1.807, 2.05) is 31.2 Å².